The fourth-order valence-corrected chi connectivity index (χ4v) is 3.10. The summed E-state index contributed by atoms with van der Waals surface area (Å²) in [7, 11) is 6.44. The van der Waals surface area contributed by atoms with E-state index in [4.69, 9.17) is 0 Å². The van der Waals surface area contributed by atoms with E-state index >= 15 is 0 Å². The Hall–Kier alpha value is -0.650. The van der Waals surface area contributed by atoms with Gasteiger partial charge in [0.2, 0.25) is 5.91 Å². The van der Waals surface area contributed by atoms with Crippen LogP contribution in [0.5, 0.6) is 0 Å². The molecule has 1 amide bonds. The van der Waals surface area contributed by atoms with Crippen molar-refractivity contribution in [2.75, 3.05) is 67.0 Å². The van der Waals surface area contributed by atoms with E-state index in [2.05, 4.69) is 35.8 Å². The summed E-state index contributed by atoms with van der Waals surface area (Å²) >= 11 is 0. The van der Waals surface area contributed by atoms with E-state index in [0.717, 1.165) is 45.7 Å². The number of nitrogens with zero attached hydrogens (tertiary/aromatic N) is 4. The van der Waals surface area contributed by atoms with Gasteiger partial charge in [-0.1, -0.05) is 0 Å². The van der Waals surface area contributed by atoms with E-state index in [0.29, 0.717) is 18.4 Å². The third-order valence-electron chi connectivity index (χ3n) is 4.70. The Morgan fingerprint density at radius 1 is 1.15 bits per heavy atom. The molecule has 0 spiro atoms. The predicted molar refractivity (Wildman–Crippen MR) is 81.8 cm³/mol. The zero-order valence-electron chi connectivity index (χ0n) is 13.3. The molecular weight excluding hydrogens is 252 g/mol. The lowest BCUT2D eigenvalue weighted by Gasteiger charge is -2.32. The van der Waals surface area contributed by atoms with Gasteiger partial charge in [0.1, 0.15) is 0 Å². The molecule has 0 saturated carbocycles. The summed E-state index contributed by atoms with van der Waals surface area (Å²) in [5.41, 5.74) is 0. The Kier molecular flexibility index (Phi) is 5.81. The predicted octanol–water partition coefficient (Wildman–Crippen LogP) is 0.177. The SMILES string of the molecule is CN1CCN(C(=O)CCCN2CCC(N(C)C)C2)CC1. The fourth-order valence-electron chi connectivity index (χ4n) is 3.10. The van der Waals surface area contributed by atoms with Crippen LogP contribution in [-0.2, 0) is 4.79 Å². The first-order valence-corrected chi connectivity index (χ1v) is 7.91. The van der Waals surface area contributed by atoms with Crippen LogP contribution in [0.25, 0.3) is 0 Å². The summed E-state index contributed by atoms with van der Waals surface area (Å²) in [6.45, 7) is 7.26. The van der Waals surface area contributed by atoms with E-state index in [9.17, 15) is 4.79 Å². The molecule has 2 rings (SSSR count). The topological polar surface area (TPSA) is 30.0 Å². The molecule has 5 heteroatoms. The van der Waals surface area contributed by atoms with Crippen LogP contribution < -0.4 is 0 Å². The van der Waals surface area contributed by atoms with Gasteiger partial charge in [0.25, 0.3) is 0 Å². The molecule has 1 atom stereocenters. The first kappa shape index (κ1) is 15.7. The third-order valence-corrected chi connectivity index (χ3v) is 4.70. The Bertz CT molecular complexity index is 313. The number of likely N-dealkylation sites (N-methyl/N-ethyl adjacent to an activating group) is 2. The normalized spacial score (nSPS) is 25.6. The van der Waals surface area contributed by atoms with Crippen molar-refractivity contribution in [1.82, 2.24) is 19.6 Å². The highest BCUT2D eigenvalue weighted by molar-refractivity contribution is 5.76. The number of piperazine rings is 1. The highest BCUT2D eigenvalue weighted by Crippen LogP contribution is 2.14. The van der Waals surface area contributed by atoms with Crippen molar-refractivity contribution in [2.24, 2.45) is 0 Å². The van der Waals surface area contributed by atoms with E-state index in [-0.39, 0.29) is 0 Å². The number of carbonyl (C=O) groups is 1. The van der Waals surface area contributed by atoms with Gasteiger partial charge in [-0.15, -0.1) is 0 Å². The van der Waals surface area contributed by atoms with Crippen LogP contribution in [0.2, 0.25) is 0 Å². The van der Waals surface area contributed by atoms with Crippen molar-refractivity contribution >= 4 is 5.91 Å². The summed E-state index contributed by atoms with van der Waals surface area (Å²) in [4.78, 5) is 21.3. The molecule has 2 aliphatic rings. The van der Waals surface area contributed by atoms with Gasteiger partial charge in [0.15, 0.2) is 0 Å². The summed E-state index contributed by atoms with van der Waals surface area (Å²) in [5.74, 6) is 0.349. The van der Waals surface area contributed by atoms with Crippen LogP contribution in [0.1, 0.15) is 19.3 Å². The van der Waals surface area contributed by atoms with Gasteiger partial charge in [-0.25, -0.2) is 0 Å². The number of hydrogen-bond donors (Lipinski definition) is 0. The van der Waals surface area contributed by atoms with Crippen molar-refractivity contribution < 1.29 is 4.79 Å². The highest BCUT2D eigenvalue weighted by atomic mass is 16.2. The maximum atomic E-state index is 12.1. The van der Waals surface area contributed by atoms with Crippen LogP contribution in [0.3, 0.4) is 0 Å². The average molecular weight is 282 g/mol. The lowest BCUT2D eigenvalue weighted by atomic mass is 10.2. The van der Waals surface area contributed by atoms with Crippen molar-refractivity contribution in [3.05, 3.63) is 0 Å². The highest BCUT2D eigenvalue weighted by Gasteiger charge is 2.24. The second-order valence-corrected chi connectivity index (χ2v) is 6.49. The molecule has 2 saturated heterocycles. The van der Waals surface area contributed by atoms with Gasteiger partial charge in [0.05, 0.1) is 0 Å². The molecule has 116 valence electrons. The number of hydrogen-bond acceptors (Lipinski definition) is 4. The Morgan fingerprint density at radius 2 is 1.85 bits per heavy atom. The molecule has 1 unspecified atom stereocenters. The van der Waals surface area contributed by atoms with Gasteiger partial charge in [-0.2, -0.15) is 0 Å². The fraction of sp³-hybridized carbons (Fsp3) is 0.933. The summed E-state index contributed by atoms with van der Waals surface area (Å²) in [6.07, 6.45) is 2.98. The van der Waals surface area contributed by atoms with Gasteiger partial charge in [-0.05, 0) is 47.1 Å². The quantitative estimate of drug-likeness (QED) is 0.719. The molecule has 0 aromatic carbocycles. The Labute approximate surface area is 123 Å². The van der Waals surface area contributed by atoms with Crippen molar-refractivity contribution in [3.8, 4) is 0 Å². The molecule has 2 aliphatic heterocycles. The van der Waals surface area contributed by atoms with Crippen LogP contribution >= 0.6 is 0 Å². The molecule has 0 radical (unpaired) electrons. The van der Waals surface area contributed by atoms with Crippen molar-refractivity contribution in [1.29, 1.82) is 0 Å². The van der Waals surface area contributed by atoms with E-state index in [1.54, 1.807) is 0 Å². The largest absolute Gasteiger partial charge is 0.340 e. The average Bonchev–Trinajstić information content (AvgIpc) is 2.88. The first-order valence-electron chi connectivity index (χ1n) is 7.91. The van der Waals surface area contributed by atoms with E-state index in [1.165, 1.54) is 13.0 Å². The summed E-state index contributed by atoms with van der Waals surface area (Å²) in [6, 6.07) is 0.698. The number of rotatable bonds is 5. The third kappa shape index (κ3) is 4.43. The number of likely N-dealkylation sites (tertiary alicyclic amines) is 1. The molecule has 0 bridgehead atoms. The summed E-state index contributed by atoms with van der Waals surface area (Å²) < 4.78 is 0. The lowest BCUT2D eigenvalue weighted by Crippen LogP contribution is -2.47. The van der Waals surface area contributed by atoms with Gasteiger partial charge in [-0.3, -0.25) is 4.79 Å². The van der Waals surface area contributed by atoms with Crippen molar-refractivity contribution in [3.63, 3.8) is 0 Å². The minimum Gasteiger partial charge on any atom is -0.340 e. The molecule has 0 aliphatic carbocycles. The molecular formula is C15H30N4O. The van der Waals surface area contributed by atoms with Gasteiger partial charge < -0.3 is 19.6 Å². The molecule has 2 fully saturated rings. The molecule has 0 N–H and O–H groups in total. The number of amides is 1. The smallest absolute Gasteiger partial charge is 0.222 e. The lowest BCUT2D eigenvalue weighted by molar-refractivity contribution is -0.132. The minimum absolute atomic E-state index is 0.349. The van der Waals surface area contributed by atoms with Gasteiger partial charge in [0, 0.05) is 45.2 Å². The molecule has 0 aromatic rings. The standard InChI is InChI=1S/C15H30N4O/c1-16(2)14-6-8-18(13-14)7-4-5-15(20)19-11-9-17(3)10-12-19/h14H,4-13H2,1-3H3. The van der Waals surface area contributed by atoms with E-state index in [1.807, 2.05) is 4.90 Å². The maximum absolute atomic E-state index is 12.1. The van der Waals surface area contributed by atoms with Gasteiger partial charge >= 0.3 is 0 Å². The second-order valence-electron chi connectivity index (χ2n) is 6.49. The monoisotopic (exact) mass is 282 g/mol. The van der Waals surface area contributed by atoms with Crippen LogP contribution in [0, 0.1) is 0 Å². The van der Waals surface area contributed by atoms with Crippen molar-refractivity contribution in [2.45, 2.75) is 25.3 Å². The molecule has 5 nitrogen and oxygen atoms in total. The molecule has 20 heavy (non-hydrogen) atoms. The molecule has 2 heterocycles. The Balaban J connectivity index is 1.60. The summed E-state index contributed by atoms with van der Waals surface area (Å²) in [5, 5.41) is 0. The maximum Gasteiger partial charge on any atom is 0.222 e. The Morgan fingerprint density at radius 3 is 2.45 bits per heavy atom. The zero-order valence-corrected chi connectivity index (χ0v) is 13.3. The van der Waals surface area contributed by atoms with E-state index < -0.39 is 0 Å². The van der Waals surface area contributed by atoms with Crippen LogP contribution in [-0.4, -0.2) is 98.5 Å². The zero-order chi connectivity index (χ0) is 14.5. The minimum atomic E-state index is 0.349. The first-order chi connectivity index (χ1) is 9.56. The van der Waals surface area contributed by atoms with Crippen LogP contribution in [0.4, 0.5) is 0 Å². The van der Waals surface area contributed by atoms with Crippen LogP contribution in [0.15, 0.2) is 0 Å². The second kappa shape index (κ2) is 7.38. The number of carbonyl (C=O) groups excluding carboxylic acids is 1. The molecule has 0 aromatic heterocycles.